The largest absolute Gasteiger partial charge is 0.541 e. The van der Waals surface area contributed by atoms with Crippen molar-refractivity contribution in [2.24, 2.45) is 0 Å². The summed E-state index contributed by atoms with van der Waals surface area (Å²) in [5.41, 5.74) is 3.00. The van der Waals surface area contributed by atoms with Crippen molar-refractivity contribution in [3.05, 3.63) is 33.7 Å². The SMILES string of the molecule is CC(C)(C)[Si](C)(C)OC1=C(F)CCc2cc3c(cnn3C3CCCCO3)c(Br)c21. The second kappa shape index (κ2) is 7.50. The van der Waals surface area contributed by atoms with E-state index in [4.69, 9.17) is 9.16 Å². The third kappa shape index (κ3) is 3.70. The fraction of sp³-hybridized carbons (Fsp3) is 0.591. The molecule has 7 heteroatoms. The zero-order valence-corrected chi connectivity index (χ0v) is 20.5. The van der Waals surface area contributed by atoms with E-state index in [1.165, 1.54) is 0 Å². The van der Waals surface area contributed by atoms with Gasteiger partial charge >= 0.3 is 0 Å². The Hall–Kier alpha value is -1.18. The van der Waals surface area contributed by atoms with Gasteiger partial charge < -0.3 is 9.16 Å². The van der Waals surface area contributed by atoms with Crippen molar-refractivity contribution >= 4 is 40.9 Å². The summed E-state index contributed by atoms with van der Waals surface area (Å²) in [6, 6.07) is 2.15. The molecule has 1 atom stereocenters. The molecule has 0 bridgehead atoms. The molecule has 29 heavy (non-hydrogen) atoms. The van der Waals surface area contributed by atoms with Gasteiger partial charge in [0.15, 0.2) is 6.23 Å². The topological polar surface area (TPSA) is 36.3 Å². The Morgan fingerprint density at radius 1 is 1.28 bits per heavy atom. The van der Waals surface area contributed by atoms with Crippen LogP contribution in [0.5, 0.6) is 0 Å². The fourth-order valence-corrected chi connectivity index (χ4v) is 5.56. The van der Waals surface area contributed by atoms with Crippen LogP contribution in [0.3, 0.4) is 0 Å². The van der Waals surface area contributed by atoms with Gasteiger partial charge in [-0.05, 0) is 71.4 Å². The maximum absolute atomic E-state index is 15.0. The number of benzene rings is 1. The summed E-state index contributed by atoms with van der Waals surface area (Å²) in [6.07, 6.45) is 6.10. The number of rotatable bonds is 3. The van der Waals surface area contributed by atoms with E-state index in [0.29, 0.717) is 18.6 Å². The van der Waals surface area contributed by atoms with E-state index in [0.717, 1.165) is 52.4 Å². The van der Waals surface area contributed by atoms with Gasteiger partial charge in [0, 0.05) is 28.5 Å². The molecule has 1 fully saturated rings. The van der Waals surface area contributed by atoms with E-state index >= 15 is 4.39 Å². The zero-order valence-electron chi connectivity index (χ0n) is 17.9. The monoisotopic (exact) mass is 480 g/mol. The number of halogens is 2. The van der Waals surface area contributed by atoms with Gasteiger partial charge in [-0.2, -0.15) is 5.10 Å². The van der Waals surface area contributed by atoms with Gasteiger partial charge in [0.25, 0.3) is 8.32 Å². The first-order valence-corrected chi connectivity index (χ1v) is 14.2. The molecule has 0 amide bonds. The number of allylic oxidation sites excluding steroid dienone is 1. The molecule has 1 unspecified atom stereocenters. The Morgan fingerprint density at radius 3 is 2.69 bits per heavy atom. The van der Waals surface area contributed by atoms with Crippen LogP contribution < -0.4 is 0 Å². The molecule has 0 spiro atoms. The maximum Gasteiger partial charge on any atom is 0.250 e. The van der Waals surface area contributed by atoms with Crippen LogP contribution in [0.4, 0.5) is 4.39 Å². The van der Waals surface area contributed by atoms with Crippen LogP contribution in [-0.2, 0) is 15.6 Å². The van der Waals surface area contributed by atoms with Crippen LogP contribution in [0, 0.1) is 0 Å². The lowest BCUT2D eigenvalue weighted by atomic mass is 9.93. The average Bonchev–Trinajstić information content (AvgIpc) is 3.08. The smallest absolute Gasteiger partial charge is 0.250 e. The number of ether oxygens (including phenoxy) is 1. The standard InChI is InChI=1S/C22H30BrFN2O2Si/c1-22(2,3)29(4,5)28-21-16(24)10-9-14-12-17-15(20(23)19(14)21)13-25-26(17)18-8-6-7-11-27-18/h12-13,18H,6-11H2,1-5H3. The molecule has 158 valence electrons. The van der Waals surface area contributed by atoms with E-state index in [-0.39, 0.29) is 17.1 Å². The molecule has 0 radical (unpaired) electrons. The van der Waals surface area contributed by atoms with Gasteiger partial charge in [0.1, 0.15) is 11.6 Å². The van der Waals surface area contributed by atoms with Crippen molar-refractivity contribution in [3.63, 3.8) is 0 Å². The first-order valence-electron chi connectivity index (χ1n) is 10.5. The number of aryl methyl sites for hydroxylation is 1. The minimum absolute atomic E-state index is 0.00231. The van der Waals surface area contributed by atoms with Crippen LogP contribution in [0.2, 0.25) is 18.1 Å². The minimum Gasteiger partial charge on any atom is -0.541 e. The highest BCUT2D eigenvalue weighted by atomic mass is 79.9. The summed E-state index contributed by atoms with van der Waals surface area (Å²) >= 11 is 3.77. The molecule has 1 aromatic carbocycles. The van der Waals surface area contributed by atoms with Crippen LogP contribution >= 0.6 is 15.9 Å². The number of fused-ring (bicyclic) bond motifs is 2. The predicted octanol–water partition coefficient (Wildman–Crippen LogP) is 7.10. The lowest BCUT2D eigenvalue weighted by molar-refractivity contribution is -0.0366. The van der Waals surface area contributed by atoms with Crippen molar-refractivity contribution in [1.29, 1.82) is 0 Å². The molecule has 1 aliphatic carbocycles. The number of hydrogen-bond donors (Lipinski definition) is 0. The minimum atomic E-state index is -2.17. The fourth-order valence-electron chi connectivity index (χ4n) is 3.79. The molecular weight excluding hydrogens is 451 g/mol. The number of hydrogen-bond acceptors (Lipinski definition) is 3. The molecule has 2 heterocycles. The molecule has 4 rings (SSSR count). The summed E-state index contributed by atoms with van der Waals surface area (Å²) < 4.78 is 30.3. The van der Waals surface area contributed by atoms with Crippen molar-refractivity contribution in [3.8, 4) is 0 Å². The van der Waals surface area contributed by atoms with E-state index < -0.39 is 8.32 Å². The highest BCUT2D eigenvalue weighted by Gasteiger charge is 2.41. The van der Waals surface area contributed by atoms with Gasteiger partial charge in [-0.1, -0.05) is 20.8 Å². The van der Waals surface area contributed by atoms with Gasteiger partial charge in [-0.25, -0.2) is 9.07 Å². The highest BCUT2D eigenvalue weighted by Crippen LogP contribution is 2.46. The Morgan fingerprint density at radius 2 is 2.03 bits per heavy atom. The number of aromatic nitrogens is 2. The molecule has 1 saturated heterocycles. The Kier molecular flexibility index (Phi) is 5.45. The van der Waals surface area contributed by atoms with Crippen LogP contribution in [0.15, 0.2) is 22.6 Å². The normalized spacial score (nSPS) is 20.9. The van der Waals surface area contributed by atoms with E-state index in [2.05, 4.69) is 61.0 Å². The Balaban J connectivity index is 1.81. The summed E-state index contributed by atoms with van der Waals surface area (Å²) in [5, 5.41) is 5.60. The molecule has 4 nitrogen and oxygen atoms in total. The Labute approximate surface area is 181 Å². The lowest BCUT2D eigenvalue weighted by Crippen LogP contribution is -2.40. The molecule has 2 aliphatic rings. The molecule has 1 aromatic heterocycles. The third-order valence-electron chi connectivity index (χ3n) is 6.60. The third-order valence-corrected chi connectivity index (χ3v) is 11.8. The molecule has 2 aromatic rings. The van der Waals surface area contributed by atoms with Gasteiger partial charge in [0.2, 0.25) is 0 Å². The summed E-state index contributed by atoms with van der Waals surface area (Å²) in [5.74, 6) is 0.277. The second-order valence-electron chi connectivity index (χ2n) is 9.66. The highest BCUT2D eigenvalue weighted by molar-refractivity contribution is 9.10. The average molecular weight is 481 g/mol. The van der Waals surface area contributed by atoms with Crippen LogP contribution in [0.25, 0.3) is 16.7 Å². The van der Waals surface area contributed by atoms with Crippen molar-refractivity contribution < 1.29 is 13.6 Å². The predicted molar refractivity (Wildman–Crippen MR) is 121 cm³/mol. The van der Waals surface area contributed by atoms with E-state index in [1.54, 1.807) is 0 Å². The maximum atomic E-state index is 15.0. The molecular formula is C22H30BrFN2O2Si. The number of nitrogens with zero attached hydrogens (tertiary/aromatic N) is 2. The summed E-state index contributed by atoms with van der Waals surface area (Å²) in [4.78, 5) is 0. The molecule has 1 aliphatic heterocycles. The van der Waals surface area contributed by atoms with Crippen molar-refractivity contribution in [2.75, 3.05) is 6.61 Å². The first kappa shape index (κ1) is 21.1. The van der Waals surface area contributed by atoms with Crippen LogP contribution in [-0.4, -0.2) is 24.7 Å². The van der Waals surface area contributed by atoms with E-state index in [1.807, 2.05) is 10.9 Å². The second-order valence-corrected chi connectivity index (χ2v) is 15.2. The van der Waals surface area contributed by atoms with Crippen LogP contribution in [0.1, 0.15) is 63.8 Å². The molecule has 0 saturated carbocycles. The molecule has 0 N–H and O–H groups in total. The quantitative estimate of drug-likeness (QED) is 0.439. The summed E-state index contributed by atoms with van der Waals surface area (Å²) in [7, 11) is -2.17. The van der Waals surface area contributed by atoms with Crippen molar-refractivity contribution in [1.82, 2.24) is 9.78 Å². The van der Waals surface area contributed by atoms with E-state index in [9.17, 15) is 0 Å². The van der Waals surface area contributed by atoms with Gasteiger partial charge in [0.05, 0.1) is 11.7 Å². The summed E-state index contributed by atoms with van der Waals surface area (Å²) in [6.45, 7) is 11.6. The lowest BCUT2D eigenvalue weighted by Gasteiger charge is -2.38. The Bertz CT molecular complexity index is 971. The zero-order chi connectivity index (χ0) is 21.0. The van der Waals surface area contributed by atoms with Gasteiger partial charge in [-0.3, -0.25) is 0 Å². The van der Waals surface area contributed by atoms with Crippen molar-refractivity contribution in [2.45, 2.75) is 77.2 Å². The first-order chi connectivity index (χ1) is 13.6. The van der Waals surface area contributed by atoms with Gasteiger partial charge in [-0.15, -0.1) is 0 Å².